The molecule has 0 amide bonds. The molecule has 0 fully saturated rings. The van der Waals surface area contributed by atoms with Crippen molar-refractivity contribution in [3.05, 3.63) is 59.2 Å². The lowest BCUT2D eigenvalue weighted by molar-refractivity contribution is -0.896. The van der Waals surface area contributed by atoms with Crippen LogP contribution in [0.5, 0.6) is 0 Å². The zero-order valence-electron chi connectivity index (χ0n) is 15.8. The highest BCUT2D eigenvalue weighted by atomic mass is 16.5. The molecule has 0 saturated carbocycles. The van der Waals surface area contributed by atoms with Crippen LogP contribution in [0.4, 0.5) is 0 Å². The van der Waals surface area contributed by atoms with Crippen molar-refractivity contribution in [2.75, 3.05) is 27.2 Å². The normalized spacial score (nSPS) is 12.0. The van der Waals surface area contributed by atoms with Gasteiger partial charge in [-0.25, -0.2) is 4.79 Å². The van der Waals surface area contributed by atoms with Crippen LogP contribution in [0, 0.1) is 0 Å². The summed E-state index contributed by atoms with van der Waals surface area (Å²) in [7, 11) is 4.10. The molecule has 3 nitrogen and oxygen atoms in total. The molecule has 0 heterocycles. The first kappa shape index (κ1) is 20.2. The fourth-order valence-electron chi connectivity index (χ4n) is 2.50. The van der Waals surface area contributed by atoms with Gasteiger partial charge in [0.15, 0.2) is 6.54 Å². The largest absolute Gasteiger partial charge is 0.457 e. The first-order valence-electron chi connectivity index (χ1n) is 8.59. The van der Waals surface area contributed by atoms with Crippen molar-refractivity contribution in [1.29, 1.82) is 0 Å². The molecule has 0 radical (unpaired) electrons. The van der Waals surface area contributed by atoms with Crippen LogP contribution in [0.15, 0.2) is 53.6 Å². The van der Waals surface area contributed by atoms with Crippen molar-refractivity contribution >= 4 is 5.97 Å². The van der Waals surface area contributed by atoms with E-state index in [1.54, 1.807) is 0 Å². The fourth-order valence-corrected chi connectivity index (χ4v) is 2.50. The number of benzene rings is 1. The summed E-state index contributed by atoms with van der Waals surface area (Å²) in [4.78, 5) is 12.1. The SMILES string of the molecule is CC(C)=CCC/C(C)=C/COC(=O)C[N+](C)(C)Cc1ccccc1. The Morgan fingerprint density at radius 2 is 1.75 bits per heavy atom. The number of esters is 1. The summed E-state index contributed by atoms with van der Waals surface area (Å²) < 4.78 is 5.96. The zero-order chi connectivity index (χ0) is 18.0. The van der Waals surface area contributed by atoms with Gasteiger partial charge in [-0.15, -0.1) is 0 Å². The quantitative estimate of drug-likeness (QED) is 0.378. The molecule has 24 heavy (non-hydrogen) atoms. The Hall–Kier alpha value is -1.87. The number of carbonyl (C=O) groups is 1. The van der Waals surface area contributed by atoms with Gasteiger partial charge in [0.25, 0.3) is 0 Å². The van der Waals surface area contributed by atoms with Crippen LogP contribution < -0.4 is 0 Å². The molecule has 0 aliphatic carbocycles. The average Bonchev–Trinajstić information content (AvgIpc) is 2.46. The van der Waals surface area contributed by atoms with Gasteiger partial charge in [0.2, 0.25) is 0 Å². The molecule has 0 bridgehead atoms. The van der Waals surface area contributed by atoms with E-state index >= 15 is 0 Å². The van der Waals surface area contributed by atoms with Crippen LogP contribution >= 0.6 is 0 Å². The number of hydrogen-bond donors (Lipinski definition) is 0. The summed E-state index contributed by atoms with van der Waals surface area (Å²) in [5.74, 6) is -0.149. The van der Waals surface area contributed by atoms with E-state index in [1.807, 2.05) is 24.3 Å². The molecular weight excluding hydrogens is 298 g/mol. The van der Waals surface area contributed by atoms with Gasteiger partial charge in [-0.1, -0.05) is 47.6 Å². The van der Waals surface area contributed by atoms with E-state index in [0.717, 1.165) is 19.4 Å². The van der Waals surface area contributed by atoms with E-state index in [4.69, 9.17) is 4.74 Å². The lowest BCUT2D eigenvalue weighted by Crippen LogP contribution is -2.43. The van der Waals surface area contributed by atoms with Gasteiger partial charge < -0.3 is 9.22 Å². The van der Waals surface area contributed by atoms with E-state index in [9.17, 15) is 4.79 Å². The number of quaternary nitrogens is 1. The third-order valence-corrected chi connectivity index (χ3v) is 3.78. The molecule has 1 aromatic rings. The van der Waals surface area contributed by atoms with Crippen molar-refractivity contribution in [2.45, 2.75) is 40.2 Å². The van der Waals surface area contributed by atoms with E-state index in [1.165, 1.54) is 16.7 Å². The number of carbonyl (C=O) groups excluding carboxylic acids is 1. The summed E-state index contributed by atoms with van der Waals surface area (Å²) in [6.07, 6.45) is 6.29. The second-order valence-electron chi connectivity index (χ2n) is 7.29. The molecule has 0 aliphatic heterocycles. The lowest BCUT2D eigenvalue weighted by Gasteiger charge is -2.28. The van der Waals surface area contributed by atoms with Crippen molar-refractivity contribution < 1.29 is 14.0 Å². The smallest absolute Gasteiger partial charge is 0.362 e. The molecule has 0 spiro atoms. The Bertz CT molecular complexity index is 567. The molecule has 0 unspecified atom stereocenters. The Morgan fingerprint density at radius 3 is 2.38 bits per heavy atom. The highest BCUT2D eigenvalue weighted by Gasteiger charge is 2.21. The van der Waals surface area contributed by atoms with E-state index < -0.39 is 0 Å². The minimum absolute atomic E-state index is 0.149. The van der Waals surface area contributed by atoms with Crippen molar-refractivity contribution in [2.24, 2.45) is 0 Å². The first-order chi connectivity index (χ1) is 11.3. The molecule has 0 N–H and O–H groups in total. The van der Waals surface area contributed by atoms with Gasteiger partial charge in [-0.05, 0) is 39.7 Å². The van der Waals surface area contributed by atoms with Crippen molar-refractivity contribution in [3.63, 3.8) is 0 Å². The van der Waals surface area contributed by atoms with Gasteiger partial charge in [-0.3, -0.25) is 0 Å². The van der Waals surface area contributed by atoms with Gasteiger partial charge in [0, 0.05) is 5.56 Å². The van der Waals surface area contributed by atoms with Gasteiger partial charge in [0.05, 0.1) is 14.1 Å². The summed E-state index contributed by atoms with van der Waals surface area (Å²) in [6, 6.07) is 10.2. The molecule has 0 atom stereocenters. The molecule has 0 saturated heterocycles. The third-order valence-electron chi connectivity index (χ3n) is 3.78. The van der Waals surface area contributed by atoms with Crippen molar-refractivity contribution in [1.82, 2.24) is 0 Å². The second-order valence-corrected chi connectivity index (χ2v) is 7.29. The van der Waals surface area contributed by atoms with Crippen LogP contribution in [-0.2, 0) is 16.1 Å². The zero-order valence-corrected chi connectivity index (χ0v) is 15.8. The molecule has 0 aromatic heterocycles. The Morgan fingerprint density at radius 1 is 1.08 bits per heavy atom. The minimum atomic E-state index is -0.149. The molecular formula is C21H32NO2+. The van der Waals surface area contributed by atoms with Crippen LogP contribution in [0.1, 0.15) is 39.2 Å². The lowest BCUT2D eigenvalue weighted by atomic mass is 10.1. The van der Waals surface area contributed by atoms with Crippen molar-refractivity contribution in [3.8, 4) is 0 Å². The molecule has 0 aliphatic rings. The molecule has 3 heteroatoms. The monoisotopic (exact) mass is 330 g/mol. The average molecular weight is 330 g/mol. The molecule has 1 aromatic carbocycles. The van der Waals surface area contributed by atoms with Gasteiger partial charge in [-0.2, -0.15) is 0 Å². The maximum atomic E-state index is 12.1. The third kappa shape index (κ3) is 9.31. The Balaban J connectivity index is 2.35. The van der Waals surface area contributed by atoms with Gasteiger partial charge in [0.1, 0.15) is 13.2 Å². The van der Waals surface area contributed by atoms with Crippen LogP contribution in [0.25, 0.3) is 0 Å². The number of nitrogens with zero attached hydrogens (tertiary/aromatic N) is 1. The van der Waals surface area contributed by atoms with Crippen LogP contribution in [-0.4, -0.2) is 37.7 Å². The molecule has 1 rings (SSSR count). The summed E-state index contributed by atoms with van der Waals surface area (Å²) in [6.45, 7) is 7.85. The number of ether oxygens (including phenoxy) is 1. The number of rotatable bonds is 9. The highest BCUT2D eigenvalue weighted by Crippen LogP contribution is 2.10. The minimum Gasteiger partial charge on any atom is -0.457 e. The van der Waals surface area contributed by atoms with E-state index in [0.29, 0.717) is 17.6 Å². The maximum absolute atomic E-state index is 12.1. The van der Waals surface area contributed by atoms with Crippen LogP contribution in [0.3, 0.4) is 0 Å². The predicted molar refractivity (Wildman–Crippen MR) is 101 cm³/mol. The summed E-state index contributed by atoms with van der Waals surface area (Å²) in [5.41, 5.74) is 3.83. The first-order valence-corrected chi connectivity index (χ1v) is 8.59. The maximum Gasteiger partial charge on any atom is 0.362 e. The van der Waals surface area contributed by atoms with Crippen LogP contribution in [0.2, 0.25) is 0 Å². The fraction of sp³-hybridized carbons (Fsp3) is 0.476. The number of hydrogen-bond acceptors (Lipinski definition) is 2. The number of likely N-dealkylation sites (N-methyl/N-ethyl adjacent to an activating group) is 1. The Kier molecular flexibility index (Phi) is 8.48. The topological polar surface area (TPSA) is 26.3 Å². The summed E-state index contributed by atoms with van der Waals surface area (Å²) in [5, 5.41) is 0. The molecule has 132 valence electrons. The summed E-state index contributed by atoms with van der Waals surface area (Å²) >= 11 is 0. The predicted octanol–water partition coefficient (Wildman–Crippen LogP) is 4.50. The standard InChI is InChI=1S/C21H32NO2/c1-18(2)10-9-11-19(3)14-15-24-21(23)17-22(4,5)16-20-12-7-6-8-13-20/h6-8,10,12-14H,9,11,15-17H2,1-5H3/q+1/b19-14+. The Labute approximate surface area is 147 Å². The van der Waals surface area contributed by atoms with E-state index in [2.05, 4.69) is 53.1 Å². The second kappa shape index (κ2) is 10.1. The van der Waals surface area contributed by atoms with E-state index in [-0.39, 0.29) is 5.97 Å². The number of allylic oxidation sites excluding steroid dienone is 3. The van der Waals surface area contributed by atoms with Gasteiger partial charge >= 0.3 is 5.97 Å². The highest BCUT2D eigenvalue weighted by molar-refractivity contribution is 5.70.